The van der Waals surface area contributed by atoms with Gasteiger partial charge in [-0.2, -0.15) is 18.3 Å². The minimum absolute atomic E-state index is 0.394. The number of hydrogen-bond acceptors (Lipinski definition) is 3. The Morgan fingerprint density at radius 3 is 2.32 bits per heavy atom. The van der Waals surface area contributed by atoms with Crippen molar-refractivity contribution in [3.05, 3.63) is 41.6 Å². The lowest BCUT2D eigenvalue weighted by atomic mass is 10.2. The standard InChI is InChI=1S/C12H13F3N4/c13-12(14,15)9-1-3-10(4-2-9)19-11(17)8(5-6-16)7-18-19/h1-4,7H,5-6,16-17H2. The number of nitrogens with two attached hydrogens (primary N) is 2. The van der Waals surface area contributed by atoms with Gasteiger partial charge in [-0.3, -0.25) is 0 Å². The van der Waals surface area contributed by atoms with Gasteiger partial charge in [-0.15, -0.1) is 0 Å². The summed E-state index contributed by atoms with van der Waals surface area (Å²) in [5.74, 6) is 0.394. The van der Waals surface area contributed by atoms with Crippen LogP contribution in [0.5, 0.6) is 0 Å². The molecule has 2 aromatic rings. The zero-order valence-corrected chi connectivity index (χ0v) is 9.98. The largest absolute Gasteiger partial charge is 0.416 e. The molecule has 0 aliphatic carbocycles. The van der Waals surface area contributed by atoms with Crippen LogP contribution in [-0.4, -0.2) is 16.3 Å². The maximum absolute atomic E-state index is 12.4. The molecule has 0 spiro atoms. The highest BCUT2D eigenvalue weighted by atomic mass is 19.4. The third-order valence-electron chi connectivity index (χ3n) is 2.74. The summed E-state index contributed by atoms with van der Waals surface area (Å²) in [6, 6.07) is 4.66. The van der Waals surface area contributed by atoms with Gasteiger partial charge in [0.15, 0.2) is 0 Å². The van der Waals surface area contributed by atoms with Crippen LogP contribution < -0.4 is 11.5 Å². The smallest absolute Gasteiger partial charge is 0.383 e. The molecular formula is C12H13F3N4. The molecule has 0 aliphatic heterocycles. The maximum atomic E-state index is 12.4. The Hall–Kier alpha value is -2.02. The first-order chi connectivity index (χ1) is 8.93. The Labute approximate surface area is 107 Å². The number of aromatic nitrogens is 2. The fraction of sp³-hybridized carbons (Fsp3) is 0.250. The molecule has 0 bridgehead atoms. The third kappa shape index (κ3) is 2.70. The quantitative estimate of drug-likeness (QED) is 0.895. The van der Waals surface area contributed by atoms with Crippen molar-refractivity contribution in [3.63, 3.8) is 0 Å². The second-order valence-corrected chi connectivity index (χ2v) is 4.05. The van der Waals surface area contributed by atoms with Crippen LogP contribution in [0, 0.1) is 0 Å². The van der Waals surface area contributed by atoms with Crippen LogP contribution in [0.4, 0.5) is 19.0 Å². The highest BCUT2D eigenvalue weighted by Crippen LogP contribution is 2.30. The summed E-state index contributed by atoms with van der Waals surface area (Å²) in [5, 5.41) is 4.05. The Morgan fingerprint density at radius 1 is 1.16 bits per heavy atom. The molecule has 2 rings (SSSR count). The van der Waals surface area contributed by atoms with Crippen LogP contribution in [0.2, 0.25) is 0 Å². The lowest BCUT2D eigenvalue weighted by Crippen LogP contribution is -2.08. The number of halogens is 3. The van der Waals surface area contributed by atoms with E-state index in [1.165, 1.54) is 16.8 Å². The van der Waals surface area contributed by atoms with Crippen molar-refractivity contribution >= 4 is 5.82 Å². The van der Waals surface area contributed by atoms with Gasteiger partial charge < -0.3 is 11.5 Å². The number of alkyl halides is 3. The summed E-state index contributed by atoms with van der Waals surface area (Å²) in [5.41, 5.74) is 11.9. The molecule has 7 heteroatoms. The molecule has 0 unspecified atom stereocenters. The van der Waals surface area contributed by atoms with Crippen molar-refractivity contribution in [3.8, 4) is 5.69 Å². The number of benzene rings is 1. The van der Waals surface area contributed by atoms with E-state index in [4.69, 9.17) is 11.5 Å². The van der Waals surface area contributed by atoms with Crippen LogP contribution in [0.1, 0.15) is 11.1 Å². The molecule has 1 heterocycles. The van der Waals surface area contributed by atoms with Gasteiger partial charge in [-0.1, -0.05) is 0 Å². The number of hydrogen-bond donors (Lipinski definition) is 2. The number of nitrogen functional groups attached to an aromatic ring is 1. The number of nitrogens with zero attached hydrogens (tertiary/aromatic N) is 2. The molecule has 0 saturated carbocycles. The second kappa shape index (κ2) is 4.93. The van der Waals surface area contributed by atoms with Crippen LogP contribution in [-0.2, 0) is 12.6 Å². The van der Waals surface area contributed by atoms with Gasteiger partial charge in [0.25, 0.3) is 0 Å². The Bertz CT molecular complexity index is 557. The van der Waals surface area contributed by atoms with Crippen molar-refractivity contribution in [1.82, 2.24) is 9.78 Å². The van der Waals surface area contributed by atoms with E-state index in [1.807, 2.05) is 0 Å². The summed E-state index contributed by atoms with van der Waals surface area (Å²) in [4.78, 5) is 0. The fourth-order valence-electron chi connectivity index (χ4n) is 1.74. The summed E-state index contributed by atoms with van der Waals surface area (Å²) < 4.78 is 38.7. The SMILES string of the molecule is NCCc1cnn(-c2ccc(C(F)(F)F)cc2)c1N. The number of rotatable bonds is 3. The van der Waals surface area contributed by atoms with Gasteiger partial charge in [0, 0.05) is 5.56 Å². The first kappa shape index (κ1) is 13.4. The van der Waals surface area contributed by atoms with Crippen molar-refractivity contribution in [2.45, 2.75) is 12.6 Å². The summed E-state index contributed by atoms with van der Waals surface area (Å²) >= 11 is 0. The molecule has 0 atom stereocenters. The van der Waals surface area contributed by atoms with Crippen LogP contribution in [0.25, 0.3) is 5.69 Å². The van der Waals surface area contributed by atoms with E-state index in [9.17, 15) is 13.2 Å². The minimum atomic E-state index is -4.35. The average molecular weight is 270 g/mol. The van der Waals surface area contributed by atoms with Gasteiger partial charge in [0.2, 0.25) is 0 Å². The molecule has 19 heavy (non-hydrogen) atoms. The van der Waals surface area contributed by atoms with Gasteiger partial charge in [-0.25, -0.2) is 4.68 Å². The van der Waals surface area contributed by atoms with Crippen LogP contribution in [0.15, 0.2) is 30.5 Å². The normalized spacial score (nSPS) is 11.8. The van der Waals surface area contributed by atoms with E-state index >= 15 is 0 Å². The van der Waals surface area contributed by atoms with Crippen molar-refractivity contribution < 1.29 is 13.2 Å². The van der Waals surface area contributed by atoms with E-state index in [0.717, 1.165) is 17.7 Å². The summed E-state index contributed by atoms with van der Waals surface area (Å²) in [7, 11) is 0. The van der Waals surface area contributed by atoms with Crippen LogP contribution >= 0.6 is 0 Å². The van der Waals surface area contributed by atoms with Gasteiger partial charge >= 0.3 is 6.18 Å². The molecule has 0 radical (unpaired) electrons. The van der Waals surface area contributed by atoms with E-state index in [0.29, 0.717) is 24.5 Å². The molecule has 0 amide bonds. The Kier molecular flexibility index (Phi) is 3.48. The van der Waals surface area contributed by atoms with Crippen molar-refractivity contribution in [2.24, 2.45) is 5.73 Å². The predicted molar refractivity (Wildman–Crippen MR) is 65.7 cm³/mol. The van der Waals surface area contributed by atoms with Crippen LogP contribution in [0.3, 0.4) is 0 Å². The van der Waals surface area contributed by atoms with Gasteiger partial charge in [0.05, 0.1) is 17.4 Å². The monoisotopic (exact) mass is 270 g/mol. The molecule has 0 saturated heterocycles. The molecule has 0 fully saturated rings. The first-order valence-electron chi connectivity index (χ1n) is 5.63. The topological polar surface area (TPSA) is 69.9 Å². The van der Waals surface area contributed by atoms with Crippen molar-refractivity contribution in [2.75, 3.05) is 12.3 Å². The second-order valence-electron chi connectivity index (χ2n) is 4.05. The summed E-state index contributed by atoms with van der Waals surface area (Å²) in [6.07, 6.45) is -2.20. The molecule has 1 aromatic carbocycles. The number of anilines is 1. The Morgan fingerprint density at radius 2 is 1.79 bits per heavy atom. The molecule has 1 aromatic heterocycles. The molecule has 102 valence electrons. The highest BCUT2D eigenvalue weighted by Gasteiger charge is 2.30. The van der Waals surface area contributed by atoms with E-state index < -0.39 is 11.7 Å². The van der Waals surface area contributed by atoms with Gasteiger partial charge in [-0.05, 0) is 37.2 Å². The highest BCUT2D eigenvalue weighted by molar-refractivity contribution is 5.47. The van der Waals surface area contributed by atoms with E-state index in [1.54, 1.807) is 6.20 Å². The molecular weight excluding hydrogens is 257 g/mol. The lowest BCUT2D eigenvalue weighted by molar-refractivity contribution is -0.137. The van der Waals surface area contributed by atoms with Crippen molar-refractivity contribution in [1.29, 1.82) is 0 Å². The maximum Gasteiger partial charge on any atom is 0.416 e. The van der Waals surface area contributed by atoms with E-state index in [-0.39, 0.29) is 0 Å². The van der Waals surface area contributed by atoms with E-state index in [2.05, 4.69) is 5.10 Å². The third-order valence-corrected chi connectivity index (χ3v) is 2.74. The molecule has 4 N–H and O–H groups in total. The average Bonchev–Trinajstić information content (AvgIpc) is 2.71. The predicted octanol–water partition coefficient (Wildman–Crippen LogP) is 1.97. The Balaban J connectivity index is 2.32. The lowest BCUT2D eigenvalue weighted by Gasteiger charge is -2.09. The molecule has 4 nitrogen and oxygen atoms in total. The zero-order valence-electron chi connectivity index (χ0n) is 9.98. The minimum Gasteiger partial charge on any atom is -0.383 e. The zero-order chi connectivity index (χ0) is 14.0. The molecule has 0 aliphatic rings. The fourth-order valence-corrected chi connectivity index (χ4v) is 1.74. The summed E-state index contributed by atoms with van der Waals surface area (Å²) in [6.45, 7) is 0.433. The first-order valence-corrected chi connectivity index (χ1v) is 5.63. The van der Waals surface area contributed by atoms with Gasteiger partial charge in [0.1, 0.15) is 5.82 Å².